The standard InChI is InChI=1S/C15H19N3O2S/c1-9-13(16-8-20-9)15(19)18(3)7-11-5-4-6-12-14(11)17-10(2)21-12/h8,11H,4-7H2,1-3H3/t11-/m1/s1. The number of aromatic nitrogens is 2. The average Bonchev–Trinajstić information content (AvgIpc) is 3.03. The number of rotatable bonds is 3. The highest BCUT2D eigenvalue weighted by Crippen LogP contribution is 2.35. The number of hydrogen-bond donors (Lipinski definition) is 0. The Labute approximate surface area is 128 Å². The number of likely N-dealkylation sites (N-methyl/N-ethyl adjacent to an activating group) is 1. The third kappa shape index (κ3) is 2.72. The van der Waals surface area contributed by atoms with E-state index in [1.807, 2.05) is 14.0 Å². The molecule has 0 saturated heterocycles. The van der Waals surface area contributed by atoms with Gasteiger partial charge in [0.1, 0.15) is 5.76 Å². The molecule has 1 aliphatic carbocycles. The van der Waals surface area contributed by atoms with E-state index in [-0.39, 0.29) is 5.91 Å². The smallest absolute Gasteiger partial charge is 0.275 e. The average molecular weight is 305 g/mol. The number of carbonyl (C=O) groups excluding carboxylic acids is 1. The van der Waals surface area contributed by atoms with Crippen LogP contribution in [0.2, 0.25) is 0 Å². The van der Waals surface area contributed by atoms with Crippen LogP contribution in [-0.4, -0.2) is 34.4 Å². The van der Waals surface area contributed by atoms with Gasteiger partial charge in [-0.2, -0.15) is 0 Å². The van der Waals surface area contributed by atoms with Gasteiger partial charge in [0.25, 0.3) is 5.91 Å². The van der Waals surface area contributed by atoms with Gasteiger partial charge in [-0.15, -0.1) is 11.3 Å². The van der Waals surface area contributed by atoms with E-state index in [1.165, 1.54) is 23.4 Å². The molecule has 112 valence electrons. The van der Waals surface area contributed by atoms with Crippen molar-refractivity contribution < 1.29 is 9.21 Å². The normalized spacial score (nSPS) is 17.6. The maximum atomic E-state index is 12.4. The van der Waals surface area contributed by atoms with Crippen molar-refractivity contribution in [1.29, 1.82) is 0 Å². The number of aryl methyl sites for hydroxylation is 3. The van der Waals surface area contributed by atoms with Gasteiger partial charge in [0.05, 0.1) is 10.7 Å². The Morgan fingerprint density at radius 3 is 3.05 bits per heavy atom. The van der Waals surface area contributed by atoms with Crippen molar-refractivity contribution in [2.45, 2.75) is 39.0 Å². The van der Waals surface area contributed by atoms with Crippen molar-refractivity contribution in [3.63, 3.8) is 0 Å². The number of fused-ring (bicyclic) bond motifs is 1. The number of nitrogens with zero attached hydrogens (tertiary/aromatic N) is 3. The molecule has 0 fully saturated rings. The van der Waals surface area contributed by atoms with Gasteiger partial charge in [-0.05, 0) is 33.1 Å². The Morgan fingerprint density at radius 1 is 1.52 bits per heavy atom. The van der Waals surface area contributed by atoms with Gasteiger partial charge in [0, 0.05) is 24.4 Å². The molecule has 1 aliphatic rings. The van der Waals surface area contributed by atoms with Crippen LogP contribution in [0.5, 0.6) is 0 Å². The lowest BCUT2D eigenvalue weighted by Gasteiger charge is -2.26. The Hall–Kier alpha value is -1.69. The minimum absolute atomic E-state index is 0.0830. The van der Waals surface area contributed by atoms with Crippen molar-refractivity contribution >= 4 is 17.2 Å². The van der Waals surface area contributed by atoms with E-state index in [9.17, 15) is 4.79 Å². The lowest BCUT2D eigenvalue weighted by atomic mass is 9.90. The van der Waals surface area contributed by atoms with Crippen LogP contribution in [0.15, 0.2) is 10.8 Å². The molecule has 0 aliphatic heterocycles. The number of carbonyl (C=O) groups is 1. The maximum absolute atomic E-state index is 12.4. The second-order valence-corrected chi connectivity index (χ2v) is 6.86. The Kier molecular flexibility index (Phi) is 3.80. The van der Waals surface area contributed by atoms with Crippen LogP contribution in [0.1, 0.15) is 50.6 Å². The number of thiazole rings is 1. The van der Waals surface area contributed by atoms with Gasteiger partial charge >= 0.3 is 0 Å². The predicted octanol–water partition coefficient (Wildman–Crippen LogP) is 2.94. The van der Waals surface area contributed by atoms with Crippen LogP contribution in [0, 0.1) is 13.8 Å². The highest BCUT2D eigenvalue weighted by molar-refractivity contribution is 7.11. The quantitative estimate of drug-likeness (QED) is 0.875. The van der Waals surface area contributed by atoms with Crippen LogP contribution in [0.3, 0.4) is 0 Å². The third-order valence-corrected chi connectivity index (χ3v) is 5.01. The zero-order valence-electron chi connectivity index (χ0n) is 12.5. The summed E-state index contributed by atoms with van der Waals surface area (Å²) in [6, 6.07) is 0. The molecule has 0 saturated carbocycles. The molecule has 3 rings (SSSR count). The summed E-state index contributed by atoms with van der Waals surface area (Å²) in [5.41, 5.74) is 1.60. The molecule has 0 bridgehead atoms. The Bertz CT molecular complexity index is 662. The highest BCUT2D eigenvalue weighted by atomic mass is 32.1. The van der Waals surface area contributed by atoms with E-state index in [0.717, 1.165) is 17.8 Å². The first kappa shape index (κ1) is 14.3. The highest BCUT2D eigenvalue weighted by Gasteiger charge is 2.27. The number of oxazole rings is 1. The topological polar surface area (TPSA) is 59.2 Å². The SMILES string of the molecule is Cc1nc2c(s1)CCC[C@@H]2CN(C)C(=O)c1ncoc1C. The van der Waals surface area contributed by atoms with Crippen LogP contribution < -0.4 is 0 Å². The molecule has 21 heavy (non-hydrogen) atoms. The summed E-state index contributed by atoms with van der Waals surface area (Å²) in [5.74, 6) is 0.820. The van der Waals surface area contributed by atoms with Crippen molar-refractivity contribution in [3.05, 3.63) is 33.4 Å². The predicted molar refractivity (Wildman–Crippen MR) is 80.7 cm³/mol. The summed E-state index contributed by atoms with van der Waals surface area (Å²) >= 11 is 1.79. The van der Waals surface area contributed by atoms with Crippen LogP contribution in [0.25, 0.3) is 0 Å². The molecule has 2 aromatic rings. The molecule has 0 spiro atoms. The van der Waals surface area contributed by atoms with Crippen LogP contribution in [0.4, 0.5) is 0 Å². The van der Waals surface area contributed by atoms with Gasteiger partial charge in [0.15, 0.2) is 12.1 Å². The number of hydrogen-bond acceptors (Lipinski definition) is 5. The van der Waals surface area contributed by atoms with Gasteiger partial charge in [-0.3, -0.25) is 4.79 Å². The van der Waals surface area contributed by atoms with Crippen LogP contribution >= 0.6 is 11.3 Å². The fourth-order valence-corrected chi connectivity index (χ4v) is 3.98. The van der Waals surface area contributed by atoms with Crippen molar-refractivity contribution in [2.75, 3.05) is 13.6 Å². The summed E-state index contributed by atoms with van der Waals surface area (Å²) in [4.78, 5) is 24.2. The van der Waals surface area contributed by atoms with E-state index in [0.29, 0.717) is 23.9 Å². The largest absolute Gasteiger partial charge is 0.448 e. The summed E-state index contributed by atoms with van der Waals surface area (Å²) in [7, 11) is 1.82. The van der Waals surface area contributed by atoms with Gasteiger partial charge in [-0.25, -0.2) is 9.97 Å². The molecule has 2 aromatic heterocycles. The van der Waals surface area contributed by atoms with Crippen molar-refractivity contribution in [3.8, 4) is 0 Å². The maximum Gasteiger partial charge on any atom is 0.275 e. The lowest BCUT2D eigenvalue weighted by molar-refractivity contribution is 0.0776. The number of amides is 1. The summed E-state index contributed by atoms with van der Waals surface area (Å²) in [5, 5.41) is 1.12. The Morgan fingerprint density at radius 2 is 2.33 bits per heavy atom. The lowest BCUT2D eigenvalue weighted by Crippen LogP contribution is -2.32. The molecular weight excluding hydrogens is 286 g/mol. The van der Waals surface area contributed by atoms with Crippen molar-refractivity contribution in [1.82, 2.24) is 14.9 Å². The van der Waals surface area contributed by atoms with E-state index in [1.54, 1.807) is 23.2 Å². The van der Waals surface area contributed by atoms with E-state index >= 15 is 0 Å². The zero-order chi connectivity index (χ0) is 15.0. The van der Waals surface area contributed by atoms with Gasteiger partial charge in [-0.1, -0.05) is 0 Å². The molecule has 1 amide bonds. The molecule has 5 nitrogen and oxygen atoms in total. The second kappa shape index (κ2) is 5.60. The zero-order valence-corrected chi connectivity index (χ0v) is 13.4. The van der Waals surface area contributed by atoms with Crippen LogP contribution in [-0.2, 0) is 6.42 Å². The first-order valence-corrected chi connectivity index (χ1v) is 7.99. The van der Waals surface area contributed by atoms with Gasteiger partial charge < -0.3 is 9.32 Å². The molecule has 2 heterocycles. The molecule has 0 aromatic carbocycles. The molecule has 6 heteroatoms. The van der Waals surface area contributed by atoms with Gasteiger partial charge in [0.2, 0.25) is 0 Å². The first-order valence-electron chi connectivity index (χ1n) is 7.18. The van der Waals surface area contributed by atoms with Crippen molar-refractivity contribution in [2.24, 2.45) is 0 Å². The monoisotopic (exact) mass is 305 g/mol. The molecule has 0 radical (unpaired) electrons. The molecular formula is C15H19N3O2S. The van der Waals surface area contributed by atoms with E-state index in [4.69, 9.17) is 4.42 Å². The molecule has 0 unspecified atom stereocenters. The third-order valence-electron chi connectivity index (χ3n) is 3.97. The summed E-state index contributed by atoms with van der Waals surface area (Å²) in [6.45, 7) is 4.49. The van der Waals surface area contributed by atoms with E-state index < -0.39 is 0 Å². The summed E-state index contributed by atoms with van der Waals surface area (Å²) < 4.78 is 5.12. The second-order valence-electron chi connectivity index (χ2n) is 5.57. The fraction of sp³-hybridized carbons (Fsp3) is 0.533. The fourth-order valence-electron chi connectivity index (χ4n) is 2.91. The minimum Gasteiger partial charge on any atom is -0.448 e. The first-order chi connectivity index (χ1) is 10.1. The van der Waals surface area contributed by atoms with E-state index in [2.05, 4.69) is 9.97 Å². The molecule has 1 atom stereocenters. The minimum atomic E-state index is -0.0830. The Balaban J connectivity index is 1.75. The molecule has 0 N–H and O–H groups in total. The summed E-state index contributed by atoms with van der Waals surface area (Å²) in [6.07, 6.45) is 4.70.